The van der Waals surface area contributed by atoms with Gasteiger partial charge in [-0.25, -0.2) is 4.79 Å². The Hall–Kier alpha value is -2.08. The topological polar surface area (TPSA) is 78.4 Å². The molecule has 2 rings (SSSR count). The van der Waals surface area contributed by atoms with Gasteiger partial charge in [-0.3, -0.25) is 4.79 Å². The summed E-state index contributed by atoms with van der Waals surface area (Å²) in [4.78, 5) is 21.7. The van der Waals surface area contributed by atoms with Gasteiger partial charge in [0.1, 0.15) is 6.54 Å². The van der Waals surface area contributed by atoms with Crippen molar-refractivity contribution >= 4 is 44.4 Å². The van der Waals surface area contributed by atoms with Gasteiger partial charge in [0.2, 0.25) is 0 Å². The monoisotopic (exact) mass is 322 g/mol. The second-order valence-corrected chi connectivity index (χ2v) is 4.82. The molecule has 2 aromatic rings. The van der Waals surface area contributed by atoms with Crippen molar-refractivity contribution in [1.82, 2.24) is 5.32 Å². The highest BCUT2D eigenvalue weighted by Gasteiger charge is 2.04. The lowest BCUT2D eigenvalue weighted by Gasteiger charge is -2.07. The molecule has 2 aromatic carbocycles. The Morgan fingerprint density at radius 3 is 2.53 bits per heavy atom. The highest BCUT2D eigenvalue weighted by Crippen LogP contribution is 2.22. The van der Waals surface area contributed by atoms with Crippen LogP contribution in [-0.2, 0) is 4.79 Å². The number of urea groups is 1. The van der Waals surface area contributed by atoms with E-state index in [-0.39, 0.29) is 0 Å². The Bertz CT molecular complexity index is 643. The van der Waals surface area contributed by atoms with Crippen LogP contribution in [0.25, 0.3) is 10.8 Å². The van der Waals surface area contributed by atoms with Gasteiger partial charge in [0.25, 0.3) is 0 Å². The number of aliphatic carboxylic acids is 1. The van der Waals surface area contributed by atoms with Crippen LogP contribution in [0.15, 0.2) is 40.9 Å². The Labute approximate surface area is 117 Å². The molecule has 3 N–H and O–H groups in total. The molecule has 2 amide bonds. The van der Waals surface area contributed by atoms with Gasteiger partial charge in [0.15, 0.2) is 0 Å². The van der Waals surface area contributed by atoms with Crippen LogP contribution in [0.3, 0.4) is 0 Å². The largest absolute Gasteiger partial charge is 0.480 e. The second kappa shape index (κ2) is 5.71. The third-order valence-electron chi connectivity index (χ3n) is 2.46. The molecule has 0 saturated carbocycles. The van der Waals surface area contributed by atoms with Gasteiger partial charge >= 0.3 is 12.0 Å². The molecule has 0 aliphatic carbocycles. The first-order valence-corrected chi connectivity index (χ1v) is 6.30. The van der Waals surface area contributed by atoms with Crippen LogP contribution in [-0.4, -0.2) is 23.7 Å². The Morgan fingerprint density at radius 1 is 1.11 bits per heavy atom. The molecular weight excluding hydrogens is 312 g/mol. The first-order valence-electron chi connectivity index (χ1n) is 5.50. The third-order valence-corrected chi connectivity index (χ3v) is 2.95. The highest BCUT2D eigenvalue weighted by atomic mass is 79.9. The maximum atomic E-state index is 11.4. The molecule has 6 heteroatoms. The van der Waals surface area contributed by atoms with E-state index in [1.807, 2.05) is 30.3 Å². The summed E-state index contributed by atoms with van der Waals surface area (Å²) in [7, 11) is 0. The average Bonchev–Trinajstić information content (AvgIpc) is 2.36. The van der Waals surface area contributed by atoms with Gasteiger partial charge in [-0.05, 0) is 35.0 Å². The van der Waals surface area contributed by atoms with Crippen LogP contribution in [0.2, 0.25) is 0 Å². The Kier molecular flexibility index (Phi) is 4.01. The average molecular weight is 323 g/mol. The van der Waals surface area contributed by atoms with E-state index in [9.17, 15) is 9.59 Å². The predicted molar refractivity (Wildman–Crippen MR) is 76.3 cm³/mol. The number of hydrogen-bond acceptors (Lipinski definition) is 2. The fourth-order valence-electron chi connectivity index (χ4n) is 1.63. The van der Waals surface area contributed by atoms with Crippen molar-refractivity contribution in [3.05, 3.63) is 40.9 Å². The number of fused-ring (bicyclic) bond motifs is 1. The van der Waals surface area contributed by atoms with Crippen LogP contribution in [0.5, 0.6) is 0 Å². The Balaban J connectivity index is 2.11. The normalized spacial score (nSPS) is 10.2. The molecule has 0 heterocycles. The predicted octanol–water partition coefficient (Wildman–Crippen LogP) is 2.81. The van der Waals surface area contributed by atoms with Gasteiger partial charge in [-0.15, -0.1) is 0 Å². The number of hydrogen-bond donors (Lipinski definition) is 3. The smallest absolute Gasteiger partial charge is 0.323 e. The van der Waals surface area contributed by atoms with Crippen molar-refractivity contribution in [2.24, 2.45) is 0 Å². The van der Waals surface area contributed by atoms with Crippen LogP contribution >= 0.6 is 15.9 Å². The number of amides is 2. The van der Waals surface area contributed by atoms with Crippen molar-refractivity contribution in [2.75, 3.05) is 11.9 Å². The number of carbonyl (C=O) groups excluding carboxylic acids is 1. The molecular formula is C13H11BrN2O3. The molecule has 0 aliphatic heterocycles. The lowest BCUT2D eigenvalue weighted by Crippen LogP contribution is -2.33. The minimum absolute atomic E-state index is 0.410. The van der Waals surface area contributed by atoms with Gasteiger partial charge in [-0.2, -0.15) is 0 Å². The highest BCUT2D eigenvalue weighted by molar-refractivity contribution is 9.10. The lowest BCUT2D eigenvalue weighted by atomic mass is 10.1. The summed E-state index contributed by atoms with van der Waals surface area (Å²) >= 11 is 3.39. The number of halogens is 1. The fraction of sp³-hybridized carbons (Fsp3) is 0.0769. The SMILES string of the molecule is O=C(O)CNC(=O)Nc1ccc2cc(Br)ccc2c1. The number of benzene rings is 2. The van der Waals surface area contributed by atoms with Gasteiger partial charge in [-0.1, -0.05) is 28.1 Å². The quantitative estimate of drug-likeness (QED) is 0.813. The molecule has 5 nitrogen and oxygen atoms in total. The van der Waals surface area contributed by atoms with E-state index in [0.29, 0.717) is 5.69 Å². The molecule has 0 aromatic heterocycles. The van der Waals surface area contributed by atoms with Gasteiger partial charge < -0.3 is 15.7 Å². The molecule has 19 heavy (non-hydrogen) atoms. The molecule has 0 aliphatic rings. The fourth-order valence-corrected chi connectivity index (χ4v) is 2.00. The van der Waals surface area contributed by atoms with E-state index in [2.05, 4.69) is 26.6 Å². The first kappa shape index (κ1) is 13.4. The minimum atomic E-state index is -1.08. The molecule has 0 atom stereocenters. The molecule has 0 bridgehead atoms. The minimum Gasteiger partial charge on any atom is -0.480 e. The van der Waals surface area contributed by atoms with E-state index >= 15 is 0 Å². The third kappa shape index (κ3) is 3.69. The van der Waals surface area contributed by atoms with Crippen molar-refractivity contribution in [2.45, 2.75) is 0 Å². The summed E-state index contributed by atoms with van der Waals surface area (Å²) in [5, 5.41) is 15.3. The van der Waals surface area contributed by atoms with E-state index in [1.165, 1.54) is 0 Å². The lowest BCUT2D eigenvalue weighted by molar-refractivity contribution is -0.135. The number of carbonyl (C=O) groups is 2. The standard InChI is InChI=1S/C13H11BrN2O3/c14-10-3-1-9-6-11(4-2-8(9)5-10)16-13(19)15-7-12(17)18/h1-6H,7H2,(H,17,18)(H2,15,16,19). The Morgan fingerprint density at radius 2 is 1.79 bits per heavy atom. The van der Waals surface area contributed by atoms with Crippen molar-refractivity contribution in [3.8, 4) is 0 Å². The summed E-state index contributed by atoms with van der Waals surface area (Å²) < 4.78 is 0.986. The summed E-state index contributed by atoms with van der Waals surface area (Å²) in [5.74, 6) is -1.08. The van der Waals surface area contributed by atoms with E-state index in [0.717, 1.165) is 15.2 Å². The van der Waals surface area contributed by atoms with E-state index in [1.54, 1.807) is 6.07 Å². The zero-order valence-corrected chi connectivity index (χ0v) is 11.4. The number of rotatable bonds is 3. The van der Waals surface area contributed by atoms with Crippen LogP contribution in [0.1, 0.15) is 0 Å². The first-order chi connectivity index (χ1) is 9.04. The summed E-state index contributed by atoms with van der Waals surface area (Å²) in [6.07, 6.45) is 0. The zero-order chi connectivity index (χ0) is 13.8. The van der Waals surface area contributed by atoms with Crippen molar-refractivity contribution in [1.29, 1.82) is 0 Å². The van der Waals surface area contributed by atoms with Gasteiger partial charge in [0.05, 0.1) is 0 Å². The number of carboxylic acids is 1. The van der Waals surface area contributed by atoms with E-state index in [4.69, 9.17) is 5.11 Å². The number of anilines is 1. The molecule has 0 unspecified atom stereocenters. The summed E-state index contributed by atoms with van der Waals surface area (Å²) in [6, 6.07) is 10.7. The summed E-state index contributed by atoms with van der Waals surface area (Å²) in [6.45, 7) is -0.410. The van der Waals surface area contributed by atoms with Crippen LogP contribution in [0.4, 0.5) is 10.5 Å². The summed E-state index contributed by atoms with van der Waals surface area (Å²) in [5.41, 5.74) is 0.609. The molecule has 98 valence electrons. The molecule has 0 saturated heterocycles. The van der Waals surface area contributed by atoms with Crippen LogP contribution in [0, 0.1) is 0 Å². The maximum Gasteiger partial charge on any atom is 0.323 e. The zero-order valence-electron chi connectivity index (χ0n) is 9.81. The van der Waals surface area contributed by atoms with Gasteiger partial charge in [0, 0.05) is 10.2 Å². The molecule has 0 radical (unpaired) electrons. The molecule has 0 spiro atoms. The molecule has 0 fully saturated rings. The van der Waals surface area contributed by atoms with Crippen molar-refractivity contribution < 1.29 is 14.7 Å². The van der Waals surface area contributed by atoms with Crippen molar-refractivity contribution in [3.63, 3.8) is 0 Å². The number of carboxylic acid groups (broad SMARTS) is 1. The van der Waals surface area contributed by atoms with Crippen LogP contribution < -0.4 is 10.6 Å². The maximum absolute atomic E-state index is 11.4. The second-order valence-electron chi connectivity index (χ2n) is 3.91. The van der Waals surface area contributed by atoms with E-state index < -0.39 is 18.5 Å². The number of nitrogens with one attached hydrogen (secondary N) is 2.